The molecule has 8 heteroatoms. The standard InChI is InChI=1S/C14H28N4O4/c1-13(19)15(3)17-5-9-21-11-7-18(16(4)14(2)20)8-12-22-10-6-17/h5-12H2,1-4H3. The van der Waals surface area contributed by atoms with E-state index in [1.54, 1.807) is 24.1 Å². The van der Waals surface area contributed by atoms with Crippen LogP contribution in [0.3, 0.4) is 0 Å². The molecule has 0 aromatic rings. The molecule has 0 aromatic heterocycles. The highest BCUT2D eigenvalue weighted by molar-refractivity contribution is 5.72. The summed E-state index contributed by atoms with van der Waals surface area (Å²) in [6.07, 6.45) is 0. The van der Waals surface area contributed by atoms with Gasteiger partial charge in [-0.2, -0.15) is 0 Å². The van der Waals surface area contributed by atoms with Gasteiger partial charge in [-0.1, -0.05) is 0 Å². The second kappa shape index (κ2) is 9.73. The molecule has 2 amide bonds. The third-order valence-corrected chi connectivity index (χ3v) is 3.73. The summed E-state index contributed by atoms with van der Waals surface area (Å²) in [5.74, 6) is -0.0253. The molecule has 0 unspecified atom stereocenters. The van der Waals surface area contributed by atoms with Crippen molar-refractivity contribution >= 4 is 11.8 Å². The van der Waals surface area contributed by atoms with Crippen LogP contribution < -0.4 is 0 Å². The Hall–Kier alpha value is -1.22. The minimum atomic E-state index is -0.0126. The van der Waals surface area contributed by atoms with E-state index in [4.69, 9.17) is 9.47 Å². The summed E-state index contributed by atoms with van der Waals surface area (Å²) in [5.41, 5.74) is 0. The molecule has 0 bridgehead atoms. The van der Waals surface area contributed by atoms with E-state index in [1.165, 1.54) is 13.8 Å². The SMILES string of the molecule is CC(=O)N(C)N1CCOCCN(N(C)C(C)=O)CCOCC1. The van der Waals surface area contributed by atoms with Gasteiger partial charge in [0.2, 0.25) is 11.8 Å². The van der Waals surface area contributed by atoms with Gasteiger partial charge in [-0.15, -0.1) is 0 Å². The number of amides is 2. The Kier molecular flexibility index (Phi) is 8.32. The predicted octanol–water partition coefficient (Wildman–Crippen LogP) is -0.576. The van der Waals surface area contributed by atoms with Crippen molar-refractivity contribution in [2.45, 2.75) is 13.8 Å². The molecule has 22 heavy (non-hydrogen) atoms. The molecular weight excluding hydrogens is 288 g/mol. The fourth-order valence-corrected chi connectivity index (χ4v) is 2.11. The number of hydrogen-bond donors (Lipinski definition) is 0. The summed E-state index contributed by atoms with van der Waals surface area (Å²) in [6, 6.07) is 0. The molecule has 1 heterocycles. The molecule has 1 aliphatic heterocycles. The van der Waals surface area contributed by atoms with Crippen molar-refractivity contribution in [1.29, 1.82) is 0 Å². The van der Waals surface area contributed by atoms with Crippen LogP contribution in [0.15, 0.2) is 0 Å². The van der Waals surface area contributed by atoms with Crippen LogP contribution >= 0.6 is 0 Å². The van der Waals surface area contributed by atoms with E-state index in [2.05, 4.69) is 0 Å². The topological polar surface area (TPSA) is 65.6 Å². The maximum Gasteiger partial charge on any atom is 0.233 e. The molecule has 0 radical (unpaired) electrons. The normalized spacial score (nSPS) is 19.8. The summed E-state index contributed by atoms with van der Waals surface area (Å²) >= 11 is 0. The molecule has 8 nitrogen and oxygen atoms in total. The summed E-state index contributed by atoms with van der Waals surface area (Å²) in [4.78, 5) is 22.9. The maximum atomic E-state index is 11.5. The second-order valence-electron chi connectivity index (χ2n) is 5.22. The molecule has 0 aliphatic carbocycles. The van der Waals surface area contributed by atoms with Crippen LogP contribution in [0, 0.1) is 0 Å². The lowest BCUT2D eigenvalue weighted by molar-refractivity contribution is -0.149. The average Bonchev–Trinajstić information content (AvgIpc) is 2.46. The van der Waals surface area contributed by atoms with E-state index >= 15 is 0 Å². The highest BCUT2D eigenvalue weighted by Crippen LogP contribution is 2.00. The molecule has 0 spiro atoms. The summed E-state index contributed by atoms with van der Waals surface area (Å²) in [7, 11) is 3.50. The fourth-order valence-electron chi connectivity index (χ4n) is 2.11. The second-order valence-corrected chi connectivity index (χ2v) is 5.22. The molecule has 0 saturated carbocycles. The number of hydrogen-bond acceptors (Lipinski definition) is 6. The van der Waals surface area contributed by atoms with E-state index in [0.29, 0.717) is 52.6 Å². The molecule has 128 valence electrons. The van der Waals surface area contributed by atoms with Crippen LogP contribution in [0.2, 0.25) is 0 Å². The zero-order valence-corrected chi connectivity index (χ0v) is 14.1. The van der Waals surface area contributed by atoms with Gasteiger partial charge in [0.15, 0.2) is 0 Å². The third kappa shape index (κ3) is 6.27. The number of carbonyl (C=O) groups is 2. The van der Waals surface area contributed by atoms with Crippen LogP contribution in [0.1, 0.15) is 13.8 Å². The lowest BCUT2D eigenvalue weighted by Gasteiger charge is -2.33. The first kappa shape index (κ1) is 18.8. The van der Waals surface area contributed by atoms with Crippen LogP contribution in [0.5, 0.6) is 0 Å². The van der Waals surface area contributed by atoms with E-state index in [-0.39, 0.29) is 11.8 Å². The number of carbonyl (C=O) groups excluding carboxylic acids is 2. The monoisotopic (exact) mass is 316 g/mol. The smallest absolute Gasteiger partial charge is 0.233 e. The van der Waals surface area contributed by atoms with E-state index in [0.717, 1.165) is 0 Å². The van der Waals surface area contributed by atoms with Crippen LogP contribution in [0.4, 0.5) is 0 Å². The largest absolute Gasteiger partial charge is 0.379 e. The minimum absolute atomic E-state index is 0.0126. The van der Waals surface area contributed by atoms with Crippen molar-refractivity contribution in [2.75, 3.05) is 66.7 Å². The third-order valence-electron chi connectivity index (χ3n) is 3.73. The van der Waals surface area contributed by atoms with Gasteiger partial charge in [0.05, 0.1) is 26.4 Å². The van der Waals surface area contributed by atoms with E-state index in [1.807, 2.05) is 10.0 Å². The van der Waals surface area contributed by atoms with Crippen molar-refractivity contribution in [3.8, 4) is 0 Å². The van der Waals surface area contributed by atoms with Crippen molar-refractivity contribution < 1.29 is 19.1 Å². The molecule has 1 fully saturated rings. The van der Waals surface area contributed by atoms with Crippen molar-refractivity contribution in [3.63, 3.8) is 0 Å². The fraction of sp³-hybridized carbons (Fsp3) is 0.857. The number of ether oxygens (including phenoxy) is 2. The van der Waals surface area contributed by atoms with Crippen LogP contribution in [0.25, 0.3) is 0 Å². The zero-order valence-electron chi connectivity index (χ0n) is 14.1. The van der Waals surface area contributed by atoms with Crippen molar-refractivity contribution in [2.24, 2.45) is 0 Å². The molecule has 0 N–H and O–H groups in total. The first-order valence-corrected chi connectivity index (χ1v) is 7.57. The van der Waals surface area contributed by atoms with Gasteiger partial charge in [0.1, 0.15) is 0 Å². The van der Waals surface area contributed by atoms with Gasteiger partial charge in [-0.05, 0) is 0 Å². The highest BCUT2D eigenvalue weighted by atomic mass is 16.5. The van der Waals surface area contributed by atoms with Crippen LogP contribution in [-0.2, 0) is 19.1 Å². The Labute approximate surface area is 132 Å². The maximum absolute atomic E-state index is 11.5. The van der Waals surface area contributed by atoms with Crippen molar-refractivity contribution in [3.05, 3.63) is 0 Å². The van der Waals surface area contributed by atoms with Gasteiger partial charge in [-0.25, -0.2) is 10.0 Å². The van der Waals surface area contributed by atoms with Gasteiger partial charge in [-0.3, -0.25) is 19.6 Å². The average molecular weight is 316 g/mol. The number of nitrogens with zero attached hydrogens (tertiary/aromatic N) is 4. The van der Waals surface area contributed by atoms with Gasteiger partial charge >= 0.3 is 0 Å². The lowest BCUT2D eigenvalue weighted by atomic mass is 10.5. The molecule has 1 saturated heterocycles. The first-order chi connectivity index (χ1) is 10.4. The molecule has 1 rings (SSSR count). The molecule has 0 atom stereocenters. The first-order valence-electron chi connectivity index (χ1n) is 7.57. The molecule has 0 aromatic carbocycles. The lowest BCUT2D eigenvalue weighted by Crippen LogP contribution is -2.48. The summed E-state index contributed by atoms with van der Waals surface area (Å²) in [5, 5.41) is 7.02. The Balaban J connectivity index is 2.52. The quantitative estimate of drug-likeness (QED) is 0.679. The Bertz CT molecular complexity index is 321. The van der Waals surface area contributed by atoms with E-state index in [9.17, 15) is 9.59 Å². The summed E-state index contributed by atoms with van der Waals surface area (Å²) < 4.78 is 11.3. The Morgan fingerprint density at radius 1 is 0.727 bits per heavy atom. The van der Waals surface area contributed by atoms with Crippen LogP contribution in [-0.4, -0.2) is 98.6 Å². The highest BCUT2D eigenvalue weighted by Gasteiger charge is 2.17. The predicted molar refractivity (Wildman–Crippen MR) is 81.7 cm³/mol. The zero-order chi connectivity index (χ0) is 16.5. The summed E-state index contributed by atoms with van der Waals surface area (Å²) in [6.45, 7) is 7.67. The number of rotatable bonds is 2. The number of hydrazine groups is 2. The van der Waals surface area contributed by atoms with Crippen molar-refractivity contribution in [1.82, 2.24) is 20.0 Å². The van der Waals surface area contributed by atoms with Gasteiger partial charge in [0.25, 0.3) is 0 Å². The Morgan fingerprint density at radius 2 is 1.00 bits per heavy atom. The minimum Gasteiger partial charge on any atom is -0.379 e. The van der Waals surface area contributed by atoms with Gasteiger partial charge < -0.3 is 9.47 Å². The molecule has 1 aliphatic rings. The molecular formula is C14H28N4O4. The van der Waals surface area contributed by atoms with E-state index < -0.39 is 0 Å². The Morgan fingerprint density at radius 3 is 1.23 bits per heavy atom. The van der Waals surface area contributed by atoms with Gasteiger partial charge in [0, 0.05) is 54.1 Å².